The first-order chi connectivity index (χ1) is 2.91. The third-order valence-electron chi connectivity index (χ3n) is 0.400. The van der Waals surface area contributed by atoms with Gasteiger partial charge >= 0.3 is 53.7 Å². The van der Waals surface area contributed by atoms with Crippen molar-refractivity contribution in [2.45, 2.75) is 6.92 Å². The Bertz CT molecular complexity index is 60.6. The fourth-order valence-electron chi connectivity index (χ4n) is 0.167. The maximum Gasteiger partial charge on any atom is -1.00 e. The quantitative estimate of drug-likeness (QED) is 0.413. The minimum atomic E-state index is 0. The van der Waals surface area contributed by atoms with Gasteiger partial charge in [0.1, 0.15) is 0 Å². The minimum Gasteiger partial charge on any atom is -1.00 e. The predicted molar refractivity (Wildman–Crippen MR) is 24.0 cm³/mol. The maximum atomic E-state index is 2.09. The smallest absolute Gasteiger partial charge is 1.00 e. The average molecular weight is 265 g/mol. The molecule has 9 heavy (non-hydrogen) atoms. The Labute approximate surface area is 90.2 Å². The van der Waals surface area contributed by atoms with Gasteiger partial charge in [-0.25, -0.2) is 0 Å². The van der Waals surface area contributed by atoms with Crippen LogP contribution in [0.2, 0.25) is 0 Å². The molecule has 0 radical (unpaired) electrons. The van der Waals surface area contributed by atoms with Crippen molar-refractivity contribution in [3.63, 3.8) is 0 Å². The van der Waals surface area contributed by atoms with Crippen LogP contribution in [-0.2, 0) is 24.7 Å². The fraction of sp³-hybridized carbons (Fsp3) is 0.200. The third-order valence-corrected chi connectivity index (χ3v) is 0.873. The summed E-state index contributed by atoms with van der Waals surface area (Å²) in [5, 5.41) is 0. The zero-order chi connectivity index (χ0) is 4.83. The number of allylic oxidation sites excluding steroid dienone is 3. The molecule has 0 aromatic rings. The van der Waals surface area contributed by atoms with Gasteiger partial charge < -0.3 is 37.2 Å². The zero-order valence-corrected chi connectivity index (χ0v) is 9.67. The van der Waals surface area contributed by atoms with Crippen LogP contribution in [0.1, 0.15) is 6.92 Å². The van der Waals surface area contributed by atoms with Crippen LogP contribution < -0.4 is 37.2 Å². The van der Waals surface area contributed by atoms with E-state index in [1.165, 1.54) is 24.7 Å². The Morgan fingerprint density at radius 2 is 1.44 bits per heavy atom. The number of rotatable bonds is 1. The predicted octanol–water partition coefficient (Wildman–Crippen LogP) is -7.37. The van der Waals surface area contributed by atoms with Gasteiger partial charge in [-0.3, -0.25) is 0 Å². The van der Waals surface area contributed by atoms with E-state index in [0.717, 1.165) is 0 Å². The molecule has 0 saturated carbocycles. The van der Waals surface area contributed by atoms with Gasteiger partial charge in [0.15, 0.2) is 0 Å². The van der Waals surface area contributed by atoms with Crippen molar-refractivity contribution in [3.05, 3.63) is 22.0 Å². The van der Waals surface area contributed by atoms with Gasteiger partial charge in [0.2, 0.25) is 0 Å². The monoisotopic (exact) mass is 262 g/mol. The van der Waals surface area contributed by atoms with Gasteiger partial charge in [0, 0.05) is 0 Å². The van der Waals surface area contributed by atoms with E-state index in [1.807, 2.05) is 25.2 Å². The van der Waals surface area contributed by atoms with Crippen LogP contribution in [0.4, 0.5) is 0 Å². The van der Waals surface area contributed by atoms with Crippen molar-refractivity contribution < 1.29 is 61.9 Å². The van der Waals surface area contributed by atoms with Gasteiger partial charge in [0.05, 0.1) is 0 Å². The summed E-state index contributed by atoms with van der Waals surface area (Å²) in [6, 6.07) is 0. The number of hydrogen-bond donors (Lipinski definition) is 0. The van der Waals surface area contributed by atoms with E-state index in [4.69, 9.17) is 0 Å². The third kappa shape index (κ3) is 27.0. The standard InChI is InChI=1S/C5H7.3ClH.Zr/c1-3-5-4-2;;;;/h1,3-5H,2H3;3*1H;/q;;;;+3/p-3. The minimum absolute atomic E-state index is 0. The molecular formula is C5H7Cl3Zr. The van der Waals surface area contributed by atoms with Gasteiger partial charge in [-0.05, 0) is 0 Å². The van der Waals surface area contributed by atoms with Gasteiger partial charge in [-0.2, -0.15) is 0 Å². The Morgan fingerprint density at radius 1 is 1.00 bits per heavy atom. The average Bonchev–Trinajstić information content (AvgIpc) is 1.61. The zero-order valence-electron chi connectivity index (χ0n) is 4.94. The van der Waals surface area contributed by atoms with E-state index in [-0.39, 0.29) is 37.2 Å². The Balaban J connectivity index is -0.0000000417. The van der Waals surface area contributed by atoms with E-state index in [2.05, 4.69) is 3.78 Å². The largest absolute Gasteiger partial charge is 1.00 e. The summed E-state index contributed by atoms with van der Waals surface area (Å²) in [5.41, 5.74) is 0. The van der Waals surface area contributed by atoms with Crippen molar-refractivity contribution in [1.82, 2.24) is 0 Å². The van der Waals surface area contributed by atoms with Crippen molar-refractivity contribution in [3.8, 4) is 0 Å². The summed E-state index contributed by atoms with van der Waals surface area (Å²) in [5.74, 6) is 0. The molecule has 0 aliphatic heterocycles. The molecule has 0 heterocycles. The number of halogens is 3. The normalized spacial score (nSPS) is 7.89. The van der Waals surface area contributed by atoms with Crippen LogP contribution in [0.3, 0.4) is 0 Å². The maximum absolute atomic E-state index is 2.09. The van der Waals surface area contributed by atoms with Gasteiger partial charge in [-0.1, -0.05) is 0 Å². The summed E-state index contributed by atoms with van der Waals surface area (Å²) in [7, 11) is 0. The summed E-state index contributed by atoms with van der Waals surface area (Å²) in [6.07, 6.45) is 6.08. The molecule has 0 nitrogen and oxygen atoms in total. The molecule has 0 N–H and O–H groups in total. The molecule has 52 valence electrons. The molecule has 0 aromatic heterocycles. The first-order valence-corrected chi connectivity index (χ1v) is 3.29. The van der Waals surface area contributed by atoms with E-state index in [1.54, 1.807) is 0 Å². The molecule has 0 rings (SSSR count). The summed E-state index contributed by atoms with van der Waals surface area (Å²) in [4.78, 5) is 0. The Morgan fingerprint density at radius 3 is 1.56 bits per heavy atom. The van der Waals surface area contributed by atoms with Crippen LogP contribution in [-0.4, -0.2) is 0 Å². The van der Waals surface area contributed by atoms with Crippen LogP contribution in [0.5, 0.6) is 0 Å². The summed E-state index contributed by atoms with van der Waals surface area (Å²) in [6.45, 7) is 2.01. The number of hydrogen-bond acceptors (Lipinski definition) is 0. The Hall–Kier alpha value is 1.23. The molecule has 0 aliphatic rings. The fourth-order valence-corrected chi connectivity index (χ4v) is 0.440. The molecule has 0 amide bonds. The second kappa shape index (κ2) is 22.9. The molecule has 0 aromatic carbocycles. The molecule has 0 spiro atoms. The van der Waals surface area contributed by atoms with Gasteiger partial charge in [0.25, 0.3) is 0 Å². The van der Waals surface area contributed by atoms with E-state index in [9.17, 15) is 0 Å². The molecule has 0 saturated heterocycles. The van der Waals surface area contributed by atoms with Crippen LogP contribution in [0.15, 0.2) is 22.0 Å². The Kier molecular flexibility index (Phi) is 57.0. The van der Waals surface area contributed by atoms with Crippen molar-refractivity contribution in [2.24, 2.45) is 0 Å². The SMILES string of the molecule is CC=CC=[CH][Zr+3].[Cl-].[Cl-].[Cl-]. The molecule has 0 bridgehead atoms. The van der Waals surface area contributed by atoms with Crippen LogP contribution in [0, 0.1) is 0 Å². The molecule has 0 aliphatic carbocycles. The molecular weight excluding hydrogens is 258 g/mol. The first kappa shape index (κ1) is 22.5. The van der Waals surface area contributed by atoms with Crippen LogP contribution >= 0.6 is 0 Å². The van der Waals surface area contributed by atoms with E-state index in [0.29, 0.717) is 0 Å². The van der Waals surface area contributed by atoms with E-state index < -0.39 is 0 Å². The molecule has 0 unspecified atom stereocenters. The summed E-state index contributed by atoms with van der Waals surface area (Å²) >= 11 is 1.46. The van der Waals surface area contributed by atoms with Gasteiger partial charge in [-0.15, -0.1) is 0 Å². The topological polar surface area (TPSA) is 0 Å². The summed E-state index contributed by atoms with van der Waals surface area (Å²) < 4.78 is 2.09. The molecule has 4 heteroatoms. The second-order valence-corrected chi connectivity index (χ2v) is 1.70. The second-order valence-electron chi connectivity index (χ2n) is 0.885. The van der Waals surface area contributed by atoms with Crippen molar-refractivity contribution in [2.75, 3.05) is 0 Å². The van der Waals surface area contributed by atoms with Crippen molar-refractivity contribution >= 4 is 0 Å². The van der Waals surface area contributed by atoms with Crippen molar-refractivity contribution in [1.29, 1.82) is 0 Å². The first-order valence-electron chi connectivity index (χ1n) is 1.87. The van der Waals surface area contributed by atoms with Crippen LogP contribution in [0.25, 0.3) is 0 Å². The molecule has 0 fully saturated rings. The van der Waals surface area contributed by atoms with E-state index >= 15 is 0 Å². The molecule has 0 atom stereocenters.